The number of benzene rings is 3. The summed E-state index contributed by atoms with van der Waals surface area (Å²) in [5, 5.41) is 4.61. The van der Waals surface area contributed by atoms with E-state index in [0.29, 0.717) is 63.7 Å². The van der Waals surface area contributed by atoms with Gasteiger partial charge in [-0.2, -0.15) is 0 Å². The number of carbonyl (C=O) groups is 2. The van der Waals surface area contributed by atoms with Crippen LogP contribution in [-0.2, 0) is 19.7 Å². The fourth-order valence-electron chi connectivity index (χ4n) is 5.25. The van der Waals surface area contributed by atoms with Crippen LogP contribution in [0.3, 0.4) is 0 Å². The zero-order chi connectivity index (χ0) is 29.8. The van der Waals surface area contributed by atoms with Crippen LogP contribution in [-0.4, -0.2) is 49.3 Å². The molecule has 3 aromatic carbocycles. The summed E-state index contributed by atoms with van der Waals surface area (Å²) < 4.78 is 10.9. The molecule has 0 aromatic heterocycles. The minimum absolute atomic E-state index is 0.274. The number of nitrogens with two attached hydrogens (primary N) is 1. The van der Waals surface area contributed by atoms with Gasteiger partial charge in [-0.25, -0.2) is 4.79 Å². The van der Waals surface area contributed by atoms with Gasteiger partial charge in [0.05, 0.1) is 18.5 Å². The lowest BCUT2D eigenvalue weighted by atomic mass is 9.69. The largest absolute Gasteiger partial charge is 0.468 e. The Labute approximate surface area is 251 Å². The lowest BCUT2D eigenvalue weighted by Gasteiger charge is -2.34. The van der Waals surface area contributed by atoms with Crippen LogP contribution in [0.15, 0.2) is 66.7 Å². The van der Waals surface area contributed by atoms with Crippen molar-refractivity contribution in [1.82, 2.24) is 4.90 Å². The van der Waals surface area contributed by atoms with Gasteiger partial charge in [0, 0.05) is 29.7 Å². The van der Waals surface area contributed by atoms with E-state index in [0.717, 1.165) is 12.8 Å². The Balaban J connectivity index is 1.62. The minimum atomic E-state index is -1.30. The van der Waals surface area contributed by atoms with Crippen molar-refractivity contribution in [2.24, 2.45) is 5.92 Å². The molecule has 3 N–H and O–H groups in total. The first-order valence-corrected chi connectivity index (χ1v) is 14.4. The van der Waals surface area contributed by atoms with Crippen molar-refractivity contribution in [3.8, 4) is 0 Å². The number of amides is 1. The van der Waals surface area contributed by atoms with Crippen LogP contribution < -0.4 is 11.1 Å². The van der Waals surface area contributed by atoms with Crippen LogP contribution >= 0.6 is 23.2 Å². The lowest BCUT2D eigenvalue weighted by Crippen LogP contribution is -2.42. The average molecular weight is 599 g/mol. The molecule has 1 aliphatic rings. The highest BCUT2D eigenvalue weighted by atomic mass is 35.5. The fraction of sp³-hybridized carbons (Fsp3) is 0.375. The normalized spacial score (nSPS) is 14.4. The zero-order valence-electron chi connectivity index (χ0n) is 23.9. The second-order valence-electron chi connectivity index (χ2n) is 11.3. The number of rotatable bonds is 7. The molecular formula is C32H37Cl2N3O4. The van der Waals surface area contributed by atoms with E-state index in [4.69, 9.17) is 38.4 Å². The Hall–Kier alpha value is -3.42. The van der Waals surface area contributed by atoms with Gasteiger partial charge in [-0.1, -0.05) is 53.5 Å². The number of nitrogens with one attached hydrogen (secondary N) is 1. The number of halogens is 2. The van der Waals surface area contributed by atoms with Crippen LogP contribution in [0.1, 0.15) is 50.3 Å². The molecule has 1 aliphatic heterocycles. The topological polar surface area (TPSA) is 93.9 Å². The number of piperidine rings is 1. The molecule has 0 saturated carbocycles. The van der Waals surface area contributed by atoms with Crippen LogP contribution in [0.4, 0.5) is 16.2 Å². The number of methoxy groups -OCH3 is 1. The summed E-state index contributed by atoms with van der Waals surface area (Å²) in [5.41, 5.74) is 7.95. The van der Waals surface area contributed by atoms with Crippen molar-refractivity contribution < 1.29 is 19.1 Å². The Kier molecular flexibility index (Phi) is 9.40. The number of anilines is 2. The maximum absolute atomic E-state index is 13.8. The monoisotopic (exact) mass is 597 g/mol. The number of ether oxygens (including phenoxy) is 2. The summed E-state index contributed by atoms with van der Waals surface area (Å²) in [7, 11) is 1.38. The molecule has 0 unspecified atom stereocenters. The highest BCUT2D eigenvalue weighted by Crippen LogP contribution is 2.43. The van der Waals surface area contributed by atoms with Crippen LogP contribution in [0.5, 0.6) is 0 Å². The van der Waals surface area contributed by atoms with E-state index in [1.54, 1.807) is 35.2 Å². The van der Waals surface area contributed by atoms with Gasteiger partial charge in [-0.3, -0.25) is 4.79 Å². The summed E-state index contributed by atoms with van der Waals surface area (Å²) in [6.45, 7) is 7.55. The quantitative estimate of drug-likeness (QED) is 0.171. The molecule has 0 bridgehead atoms. The van der Waals surface area contributed by atoms with Gasteiger partial charge in [-0.15, -0.1) is 0 Å². The van der Waals surface area contributed by atoms with Crippen molar-refractivity contribution in [2.45, 2.75) is 44.6 Å². The maximum atomic E-state index is 13.8. The number of likely N-dealkylation sites (tertiary alicyclic amines) is 1. The van der Waals surface area contributed by atoms with E-state index >= 15 is 0 Å². The van der Waals surface area contributed by atoms with E-state index in [9.17, 15) is 9.59 Å². The molecule has 1 heterocycles. The fourth-order valence-corrected chi connectivity index (χ4v) is 5.50. The van der Waals surface area contributed by atoms with Crippen LogP contribution in [0.25, 0.3) is 0 Å². The van der Waals surface area contributed by atoms with Gasteiger partial charge < -0.3 is 25.4 Å². The van der Waals surface area contributed by atoms with E-state index < -0.39 is 17.0 Å². The Bertz CT molecular complexity index is 1320. The number of hydrogen-bond donors (Lipinski definition) is 2. The summed E-state index contributed by atoms with van der Waals surface area (Å²) >= 11 is 12.4. The number of esters is 1. The first-order chi connectivity index (χ1) is 19.4. The third-order valence-corrected chi connectivity index (χ3v) is 7.88. The van der Waals surface area contributed by atoms with Crippen LogP contribution in [0, 0.1) is 5.92 Å². The first-order valence-electron chi connectivity index (χ1n) is 13.7. The van der Waals surface area contributed by atoms with Gasteiger partial charge in [0.15, 0.2) is 0 Å². The standard InChI is InChI=1S/C32H37Cl2N3O4/c1-31(2,3)41-30(39)37-17-15-21(16-18-37)20-36-28-19-24(9-14-27(28)35)32(29(38)40-4,22-5-10-25(33)11-6-22)23-7-12-26(34)13-8-23/h5-14,19,21,36H,15-18,20,35H2,1-4H3. The number of carbonyl (C=O) groups excluding carboxylic acids is 2. The molecule has 0 aliphatic carbocycles. The van der Waals surface area contributed by atoms with E-state index in [2.05, 4.69) is 5.32 Å². The SMILES string of the molecule is COC(=O)C(c1ccc(Cl)cc1)(c1ccc(Cl)cc1)c1ccc(N)c(NCC2CCN(C(=O)OC(C)(C)C)CC2)c1. The second-order valence-corrected chi connectivity index (χ2v) is 12.2. The summed E-state index contributed by atoms with van der Waals surface area (Å²) in [6.07, 6.45) is 1.41. The summed E-state index contributed by atoms with van der Waals surface area (Å²) in [4.78, 5) is 28.0. The Morgan fingerprint density at radius 1 is 0.902 bits per heavy atom. The molecule has 218 valence electrons. The Morgan fingerprint density at radius 2 is 1.41 bits per heavy atom. The first kappa shape index (κ1) is 30.5. The van der Waals surface area contributed by atoms with Gasteiger partial charge in [0.25, 0.3) is 0 Å². The van der Waals surface area contributed by atoms with E-state index in [1.807, 2.05) is 57.2 Å². The third-order valence-electron chi connectivity index (χ3n) is 7.38. The van der Waals surface area contributed by atoms with Crippen molar-refractivity contribution in [3.05, 3.63) is 93.5 Å². The number of nitrogen functional groups attached to an aromatic ring is 1. The minimum Gasteiger partial charge on any atom is -0.468 e. The average Bonchev–Trinajstić information content (AvgIpc) is 2.94. The summed E-state index contributed by atoms with van der Waals surface area (Å²) in [5.74, 6) is -0.109. The molecule has 1 saturated heterocycles. The smallest absolute Gasteiger partial charge is 0.410 e. The Morgan fingerprint density at radius 3 is 1.90 bits per heavy atom. The molecule has 0 spiro atoms. The van der Waals surface area contributed by atoms with Gasteiger partial charge in [0.1, 0.15) is 11.0 Å². The molecule has 1 fully saturated rings. The molecule has 3 aromatic rings. The molecule has 41 heavy (non-hydrogen) atoms. The summed E-state index contributed by atoms with van der Waals surface area (Å²) in [6, 6.07) is 19.9. The third kappa shape index (κ3) is 6.91. The predicted molar refractivity (Wildman–Crippen MR) is 165 cm³/mol. The molecule has 4 rings (SSSR count). The van der Waals surface area contributed by atoms with Crippen molar-refractivity contribution in [3.63, 3.8) is 0 Å². The molecule has 9 heteroatoms. The highest BCUT2D eigenvalue weighted by molar-refractivity contribution is 6.30. The van der Waals surface area contributed by atoms with E-state index in [-0.39, 0.29) is 6.09 Å². The maximum Gasteiger partial charge on any atom is 0.410 e. The highest BCUT2D eigenvalue weighted by Gasteiger charge is 2.45. The predicted octanol–water partition coefficient (Wildman–Crippen LogP) is 7.14. The number of hydrogen-bond acceptors (Lipinski definition) is 6. The van der Waals surface area contributed by atoms with Gasteiger partial charge in [-0.05, 0) is 92.6 Å². The molecule has 7 nitrogen and oxygen atoms in total. The van der Waals surface area contributed by atoms with Gasteiger partial charge >= 0.3 is 12.1 Å². The lowest BCUT2D eigenvalue weighted by molar-refractivity contribution is -0.144. The van der Waals surface area contributed by atoms with E-state index in [1.165, 1.54) is 7.11 Å². The number of nitrogens with zero attached hydrogens (tertiary/aromatic N) is 1. The van der Waals surface area contributed by atoms with Crippen molar-refractivity contribution in [1.29, 1.82) is 0 Å². The molecule has 0 radical (unpaired) electrons. The molecule has 0 atom stereocenters. The van der Waals surface area contributed by atoms with Crippen LogP contribution in [0.2, 0.25) is 10.0 Å². The molecular weight excluding hydrogens is 561 g/mol. The second kappa shape index (κ2) is 12.6. The van der Waals surface area contributed by atoms with Crippen molar-refractivity contribution in [2.75, 3.05) is 37.8 Å². The van der Waals surface area contributed by atoms with Gasteiger partial charge in [0.2, 0.25) is 0 Å². The zero-order valence-corrected chi connectivity index (χ0v) is 25.4. The van der Waals surface area contributed by atoms with Crippen molar-refractivity contribution >= 4 is 46.6 Å². The molecule has 1 amide bonds.